The van der Waals surface area contributed by atoms with E-state index in [1.165, 1.54) is 0 Å². The molecular weight excluding hydrogens is 380 g/mol. The number of piperazine rings is 1. The lowest BCUT2D eigenvalue weighted by atomic mass is 10.2. The normalized spacial score (nSPS) is 13.8. The van der Waals surface area contributed by atoms with E-state index in [0.717, 1.165) is 30.4 Å². The topological polar surface area (TPSA) is 110 Å². The number of carbonyl (C=O) groups excluding carboxylic acids is 1. The summed E-state index contributed by atoms with van der Waals surface area (Å²) in [6.07, 6.45) is 1.63. The van der Waals surface area contributed by atoms with Gasteiger partial charge in [0.15, 0.2) is 0 Å². The van der Waals surface area contributed by atoms with E-state index in [4.69, 9.17) is 5.26 Å². The highest BCUT2D eigenvalue weighted by atomic mass is 16.2. The van der Waals surface area contributed by atoms with E-state index < -0.39 is 0 Å². The first-order valence-electron chi connectivity index (χ1n) is 10.2. The van der Waals surface area contributed by atoms with Crippen LogP contribution in [-0.2, 0) is 0 Å². The van der Waals surface area contributed by atoms with Crippen LogP contribution in [0, 0.1) is 18.3 Å². The Kier molecular flexibility index (Phi) is 7.01. The van der Waals surface area contributed by atoms with Gasteiger partial charge in [-0.2, -0.15) is 5.26 Å². The van der Waals surface area contributed by atoms with Gasteiger partial charge in [-0.1, -0.05) is 13.8 Å². The number of aromatic nitrogens is 3. The fourth-order valence-corrected chi connectivity index (χ4v) is 3.23. The lowest BCUT2D eigenvalue weighted by Crippen LogP contribution is -2.52. The first-order chi connectivity index (χ1) is 14.5. The standard InChI is InChI=1S/C21H28N8O/c1-15(2)19-26-16(3)13-18(27-19)28-9-11-29(12-10-28)21(30)25-8-7-24-20-17(14-22)5-4-6-23-20/h4-6,13,15H,7-12H2,1-3H3,(H,23,24)(H,25,30). The summed E-state index contributed by atoms with van der Waals surface area (Å²) in [4.78, 5) is 29.8. The van der Waals surface area contributed by atoms with Gasteiger partial charge in [-0.05, 0) is 19.1 Å². The van der Waals surface area contributed by atoms with Crippen molar-refractivity contribution in [3.8, 4) is 6.07 Å². The van der Waals surface area contributed by atoms with Crippen LogP contribution in [0.15, 0.2) is 24.4 Å². The lowest BCUT2D eigenvalue weighted by Gasteiger charge is -2.35. The predicted octanol–water partition coefficient (Wildman–Crippen LogP) is 2.12. The van der Waals surface area contributed by atoms with Crippen LogP contribution in [0.3, 0.4) is 0 Å². The molecule has 2 amide bonds. The second-order valence-electron chi connectivity index (χ2n) is 7.52. The molecule has 0 unspecified atom stereocenters. The summed E-state index contributed by atoms with van der Waals surface area (Å²) in [6, 6.07) is 7.43. The molecule has 3 rings (SSSR count). The minimum atomic E-state index is -0.0836. The Balaban J connectivity index is 1.45. The summed E-state index contributed by atoms with van der Waals surface area (Å²) in [5.41, 5.74) is 1.45. The number of pyridine rings is 1. The molecule has 1 aliphatic rings. The molecule has 9 heteroatoms. The number of hydrogen-bond donors (Lipinski definition) is 2. The van der Waals surface area contributed by atoms with E-state index in [1.54, 1.807) is 18.3 Å². The molecule has 158 valence electrons. The van der Waals surface area contributed by atoms with Crippen molar-refractivity contribution in [1.29, 1.82) is 5.26 Å². The minimum absolute atomic E-state index is 0.0836. The van der Waals surface area contributed by atoms with Crippen molar-refractivity contribution in [3.05, 3.63) is 41.5 Å². The maximum atomic E-state index is 12.4. The SMILES string of the molecule is Cc1cc(N2CCN(C(=O)NCCNc3ncccc3C#N)CC2)nc(C(C)C)n1. The molecule has 0 saturated carbocycles. The minimum Gasteiger partial charge on any atom is -0.367 e. The zero-order valence-corrected chi connectivity index (χ0v) is 17.7. The van der Waals surface area contributed by atoms with Crippen LogP contribution in [-0.4, -0.2) is 65.2 Å². The third-order valence-electron chi connectivity index (χ3n) is 4.89. The van der Waals surface area contributed by atoms with Gasteiger partial charge in [0, 0.05) is 63.1 Å². The molecule has 0 radical (unpaired) electrons. The summed E-state index contributed by atoms with van der Waals surface area (Å²) >= 11 is 0. The largest absolute Gasteiger partial charge is 0.367 e. The predicted molar refractivity (Wildman–Crippen MR) is 115 cm³/mol. The van der Waals surface area contributed by atoms with Crippen LogP contribution in [0.1, 0.15) is 36.8 Å². The number of aryl methyl sites for hydroxylation is 1. The molecule has 0 atom stereocenters. The van der Waals surface area contributed by atoms with Crippen molar-refractivity contribution in [2.24, 2.45) is 0 Å². The summed E-state index contributed by atoms with van der Waals surface area (Å²) in [6.45, 7) is 9.85. The van der Waals surface area contributed by atoms with E-state index in [1.807, 2.05) is 17.9 Å². The maximum absolute atomic E-state index is 12.4. The van der Waals surface area contributed by atoms with Gasteiger partial charge in [0.2, 0.25) is 0 Å². The number of urea groups is 1. The van der Waals surface area contributed by atoms with E-state index >= 15 is 0 Å². The summed E-state index contributed by atoms with van der Waals surface area (Å²) < 4.78 is 0. The average Bonchev–Trinajstić information content (AvgIpc) is 2.76. The third kappa shape index (κ3) is 5.35. The molecule has 9 nitrogen and oxygen atoms in total. The summed E-state index contributed by atoms with van der Waals surface area (Å²) in [7, 11) is 0. The van der Waals surface area contributed by atoms with E-state index in [9.17, 15) is 4.79 Å². The van der Waals surface area contributed by atoms with Gasteiger partial charge in [0.05, 0.1) is 5.56 Å². The zero-order chi connectivity index (χ0) is 21.5. The first-order valence-corrected chi connectivity index (χ1v) is 10.2. The molecule has 2 N–H and O–H groups in total. The Morgan fingerprint density at radius 3 is 2.70 bits per heavy atom. The van der Waals surface area contributed by atoms with E-state index in [0.29, 0.717) is 37.6 Å². The Bertz CT molecular complexity index is 915. The van der Waals surface area contributed by atoms with Crippen LogP contribution in [0.25, 0.3) is 0 Å². The van der Waals surface area contributed by atoms with Crippen molar-refractivity contribution in [2.75, 3.05) is 49.5 Å². The molecule has 0 aromatic carbocycles. The fraction of sp³-hybridized carbons (Fsp3) is 0.476. The monoisotopic (exact) mass is 408 g/mol. The van der Waals surface area contributed by atoms with Gasteiger partial charge < -0.3 is 20.4 Å². The molecule has 30 heavy (non-hydrogen) atoms. The van der Waals surface area contributed by atoms with Crippen molar-refractivity contribution in [3.63, 3.8) is 0 Å². The molecule has 0 bridgehead atoms. The average molecular weight is 409 g/mol. The second-order valence-corrected chi connectivity index (χ2v) is 7.52. The molecule has 1 fully saturated rings. The number of nitrogens with zero attached hydrogens (tertiary/aromatic N) is 6. The Labute approximate surface area is 177 Å². The molecule has 2 aromatic rings. The highest BCUT2D eigenvalue weighted by molar-refractivity contribution is 5.74. The van der Waals surface area contributed by atoms with E-state index in [-0.39, 0.29) is 11.9 Å². The Morgan fingerprint density at radius 2 is 2.00 bits per heavy atom. The van der Waals surface area contributed by atoms with Gasteiger partial charge in [0.25, 0.3) is 0 Å². The number of hydrogen-bond acceptors (Lipinski definition) is 7. The molecule has 0 aliphatic carbocycles. The Hall–Kier alpha value is -3.41. The third-order valence-corrected chi connectivity index (χ3v) is 4.89. The quantitative estimate of drug-likeness (QED) is 0.705. The van der Waals surface area contributed by atoms with Crippen LogP contribution < -0.4 is 15.5 Å². The van der Waals surface area contributed by atoms with Gasteiger partial charge in [0.1, 0.15) is 23.5 Å². The molecule has 0 spiro atoms. The lowest BCUT2D eigenvalue weighted by molar-refractivity contribution is 0.194. The molecule has 1 aliphatic heterocycles. The highest BCUT2D eigenvalue weighted by Crippen LogP contribution is 2.18. The van der Waals surface area contributed by atoms with Crippen molar-refractivity contribution in [1.82, 2.24) is 25.2 Å². The summed E-state index contributed by atoms with van der Waals surface area (Å²) in [5.74, 6) is 2.59. The van der Waals surface area contributed by atoms with Crippen molar-refractivity contribution >= 4 is 17.7 Å². The van der Waals surface area contributed by atoms with Crippen LogP contribution in [0.2, 0.25) is 0 Å². The van der Waals surface area contributed by atoms with Gasteiger partial charge in [-0.15, -0.1) is 0 Å². The van der Waals surface area contributed by atoms with Crippen LogP contribution in [0.4, 0.5) is 16.4 Å². The van der Waals surface area contributed by atoms with Gasteiger partial charge in [-0.3, -0.25) is 0 Å². The molecule has 3 heterocycles. The molecular formula is C21H28N8O. The van der Waals surface area contributed by atoms with Gasteiger partial charge >= 0.3 is 6.03 Å². The van der Waals surface area contributed by atoms with E-state index in [2.05, 4.69) is 50.4 Å². The Morgan fingerprint density at radius 1 is 1.23 bits per heavy atom. The number of anilines is 2. The highest BCUT2D eigenvalue weighted by Gasteiger charge is 2.22. The number of rotatable bonds is 6. The van der Waals surface area contributed by atoms with Crippen LogP contribution in [0.5, 0.6) is 0 Å². The molecule has 2 aromatic heterocycles. The fourth-order valence-electron chi connectivity index (χ4n) is 3.23. The first kappa shape index (κ1) is 21.3. The zero-order valence-electron chi connectivity index (χ0n) is 17.7. The maximum Gasteiger partial charge on any atom is 0.317 e. The van der Waals surface area contributed by atoms with Gasteiger partial charge in [-0.25, -0.2) is 19.7 Å². The van der Waals surface area contributed by atoms with Crippen LogP contribution >= 0.6 is 0 Å². The second kappa shape index (κ2) is 9.87. The number of nitriles is 1. The molecule has 1 saturated heterocycles. The number of carbonyl (C=O) groups is 1. The number of amides is 2. The number of nitrogens with one attached hydrogen (secondary N) is 2. The van der Waals surface area contributed by atoms with Crippen molar-refractivity contribution < 1.29 is 4.79 Å². The van der Waals surface area contributed by atoms with Crippen molar-refractivity contribution in [2.45, 2.75) is 26.7 Å². The summed E-state index contributed by atoms with van der Waals surface area (Å²) in [5, 5.41) is 15.1. The smallest absolute Gasteiger partial charge is 0.317 e.